The molecule has 0 radical (unpaired) electrons. The molecule has 0 spiro atoms. The van der Waals surface area contributed by atoms with Gasteiger partial charge in [-0.05, 0) is 34.9 Å². The zero-order chi connectivity index (χ0) is 16.8. The van der Waals surface area contributed by atoms with Crippen molar-refractivity contribution < 1.29 is 9.53 Å². The van der Waals surface area contributed by atoms with Gasteiger partial charge in [-0.1, -0.05) is 72.8 Å². The Morgan fingerprint density at radius 2 is 1.54 bits per heavy atom. The molecule has 0 fully saturated rings. The van der Waals surface area contributed by atoms with Crippen LogP contribution in [0.15, 0.2) is 84.9 Å². The van der Waals surface area contributed by atoms with E-state index in [0.29, 0.717) is 5.56 Å². The Hall–Kier alpha value is -3.13. The van der Waals surface area contributed by atoms with Crippen molar-refractivity contribution in [2.45, 2.75) is 0 Å². The highest BCUT2D eigenvalue weighted by molar-refractivity contribution is 6.07. The molecule has 118 valence electrons. The van der Waals surface area contributed by atoms with E-state index in [2.05, 4.69) is 12.1 Å². The van der Waals surface area contributed by atoms with Crippen molar-refractivity contribution in [1.82, 2.24) is 0 Å². The van der Waals surface area contributed by atoms with Crippen molar-refractivity contribution >= 4 is 11.9 Å². The molecule has 0 unspecified atom stereocenters. The Bertz CT molecular complexity index is 847. The Balaban J connectivity index is 1.74. The van der Waals surface area contributed by atoms with Gasteiger partial charge < -0.3 is 4.74 Å². The molecule has 0 bridgehead atoms. The first-order chi connectivity index (χ1) is 11.8. The third-order valence-electron chi connectivity index (χ3n) is 3.80. The fraction of sp³-hybridized carbons (Fsp3) is 0.0455. The van der Waals surface area contributed by atoms with Crippen molar-refractivity contribution in [3.05, 3.63) is 96.1 Å². The van der Waals surface area contributed by atoms with Crippen LogP contribution in [0.3, 0.4) is 0 Å². The number of ether oxygens (including phenoxy) is 1. The molecule has 0 amide bonds. The lowest BCUT2D eigenvalue weighted by atomic mass is 10.0. The number of ketones is 1. The summed E-state index contributed by atoms with van der Waals surface area (Å²) in [7, 11) is 1.63. The van der Waals surface area contributed by atoms with Crippen molar-refractivity contribution in [3.63, 3.8) is 0 Å². The van der Waals surface area contributed by atoms with Crippen LogP contribution in [-0.2, 0) is 0 Å². The summed E-state index contributed by atoms with van der Waals surface area (Å²) in [5.74, 6) is 0.759. The monoisotopic (exact) mass is 314 g/mol. The minimum atomic E-state index is -0.0163. The van der Waals surface area contributed by atoms with E-state index in [1.807, 2.05) is 66.7 Å². The van der Waals surface area contributed by atoms with E-state index in [1.165, 1.54) is 0 Å². The van der Waals surface area contributed by atoms with Gasteiger partial charge in [0, 0.05) is 5.56 Å². The first kappa shape index (κ1) is 15.8. The molecule has 3 aromatic rings. The van der Waals surface area contributed by atoms with Gasteiger partial charge in [0.15, 0.2) is 5.78 Å². The van der Waals surface area contributed by atoms with Crippen LogP contribution in [0.5, 0.6) is 5.75 Å². The number of hydrogen-bond acceptors (Lipinski definition) is 2. The summed E-state index contributed by atoms with van der Waals surface area (Å²) in [4.78, 5) is 12.3. The summed E-state index contributed by atoms with van der Waals surface area (Å²) in [6, 6.07) is 25.4. The lowest BCUT2D eigenvalue weighted by molar-refractivity contribution is 0.104. The van der Waals surface area contributed by atoms with Gasteiger partial charge in [0.25, 0.3) is 0 Å². The summed E-state index contributed by atoms with van der Waals surface area (Å²) in [5, 5.41) is 0. The molecule has 0 aliphatic rings. The van der Waals surface area contributed by atoms with Gasteiger partial charge >= 0.3 is 0 Å². The van der Waals surface area contributed by atoms with Crippen molar-refractivity contribution in [1.29, 1.82) is 0 Å². The smallest absolute Gasteiger partial charge is 0.185 e. The summed E-state index contributed by atoms with van der Waals surface area (Å²) in [6.07, 6.45) is 3.39. The fourth-order valence-corrected chi connectivity index (χ4v) is 2.47. The highest BCUT2D eigenvalue weighted by Crippen LogP contribution is 2.20. The second kappa shape index (κ2) is 7.42. The van der Waals surface area contributed by atoms with Gasteiger partial charge in [-0.15, -0.1) is 0 Å². The minimum Gasteiger partial charge on any atom is -0.497 e. The van der Waals surface area contributed by atoms with E-state index < -0.39 is 0 Å². The molecule has 0 atom stereocenters. The number of benzene rings is 3. The van der Waals surface area contributed by atoms with Gasteiger partial charge in [0.1, 0.15) is 5.75 Å². The predicted octanol–water partition coefficient (Wildman–Crippen LogP) is 5.26. The van der Waals surface area contributed by atoms with E-state index in [0.717, 1.165) is 22.4 Å². The van der Waals surface area contributed by atoms with Gasteiger partial charge in [-0.3, -0.25) is 4.79 Å². The van der Waals surface area contributed by atoms with E-state index in [4.69, 9.17) is 4.74 Å². The van der Waals surface area contributed by atoms with Gasteiger partial charge in [-0.2, -0.15) is 0 Å². The molecule has 0 saturated carbocycles. The maximum absolute atomic E-state index is 12.3. The van der Waals surface area contributed by atoms with Gasteiger partial charge in [0.05, 0.1) is 7.11 Å². The molecular formula is C22H18O2. The Kier molecular flexibility index (Phi) is 4.87. The van der Waals surface area contributed by atoms with Crippen LogP contribution in [-0.4, -0.2) is 12.9 Å². The quantitative estimate of drug-likeness (QED) is 0.474. The molecule has 24 heavy (non-hydrogen) atoms. The second-order valence-electron chi connectivity index (χ2n) is 5.42. The summed E-state index contributed by atoms with van der Waals surface area (Å²) < 4.78 is 5.18. The summed E-state index contributed by atoms with van der Waals surface area (Å²) >= 11 is 0. The van der Waals surface area contributed by atoms with E-state index in [1.54, 1.807) is 19.3 Å². The third kappa shape index (κ3) is 3.79. The van der Waals surface area contributed by atoms with Gasteiger partial charge in [-0.25, -0.2) is 0 Å². The normalized spacial score (nSPS) is 10.7. The molecule has 0 aromatic heterocycles. The lowest BCUT2D eigenvalue weighted by Crippen LogP contribution is -1.93. The van der Waals surface area contributed by atoms with Crippen LogP contribution in [0.4, 0.5) is 0 Å². The number of rotatable bonds is 5. The van der Waals surface area contributed by atoms with Gasteiger partial charge in [0.2, 0.25) is 0 Å². The predicted molar refractivity (Wildman–Crippen MR) is 98.2 cm³/mol. The highest BCUT2D eigenvalue weighted by Gasteiger charge is 2.03. The molecule has 0 aliphatic carbocycles. The zero-order valence-corrected chi connectivity index (χ0v) is 13.5. The Morgan fingerprint density at radius 1 is 0.833 bits per heavy atom. The van der Waals surface area contributed by atoms with E-state index in [9.17, 15) is 4.79 Å². The topological polar surface area (TPSA) is 26.3 Å². The van der Waals surface area contributed by atoms with E-state index >= 15 is 0 Å². The molecular weight excluding hydrogens is 296 g/mol. The molecule has 0 aliphatic heterocycles. The average Bonchev–Trinajstić information content (AvgIpc) is 2.67. The van der Waals surface area contributed by atoms with Crippen molar-refractivity contribution in [2.24, 2.45) is 0 Å². The summed E-state index contributed by atoms with van der Waals surface area (Å²) in [6.45, 7) is 0. The maximum atomic E-state index is 12.3. The fourth-order valence-electron chi connectivity index (χ4n) is 2.47. The van der Waals surface area contributed by atoms with E-state index in [-0.39, 0.29) is 5.78 Å². The largest absolute Gasteiger partial charge is 0.497 e. The van der Waals surface area contributed by atoms with Crippen LogP contribution in [0.2, 0.25) is 0 Å². The zero-order valence-electron chi connectivity index (χ0n) is 13.5. The molecule has 0 N–H and O–H groups in total. The Morgan fingerprint density at radius 3 is 2.25 bits per heavy atom. The molecule has 2 heteroatoms. The maximum Gasteiger partial charge on any atom is 0.185 e. The number of carbonyl (C=O) groups excluding carboxylic acids is 1. The number of carbonyl (C=O) groups is 1. The van der Waals surface area contributed by atoms with Crippen LogP contribution in [0, 0.1) is 0 Å². The van der Waals surface area contributed by atoms with Crippen molar-refractivity contribution in [3.8, 4) is 16.9 Å². The average molecular weight is 314 g/mol. The standard InChI is InChI=1S/C22H18O2/c1-24-21-9-5-6-17(16-21)10-15-22(23)20-13-11-19(12-14-20)18-7-3-2-4-8-18/h2-16H,1H3. The third-order valence-corrected chi connectivity index (χ3v) is 3.80. The number of hydrogen-bond donors (Lipinski definition) is 0. The lowest BCUT2D eigenvalue weighted by Gasteiger charge is -2.03. The van der Waals surface area contributed by atoms with Crippen LogP contribution < -0.4 is 4.74 Å². The molecule has 0 saturated heterocycles. The minimum absolute atomic E-state index is 0.0163. The Labute approximate surface area is 142 Å². The summed E-state index contributed by atoms with van der Waals surface area (Å²) in [5.41, 5.74) is 3.85. The first-order valence-electron chi connectivity index (χ1n) is 7.78. The first-order valence-corrected chi connectivity index (χ1v) is 7.78. The molecule has 0 heterocycles. The molecule has 2 nitrogen and oxygen atoms in total. The van der Waals surface area contributed by atoms with Crippen LogP contribution in [0.25, 0.3) is 17.2 Å². The second-order valence-corrected chi connectivity index (χ2v) is 5.42. The SMILES string of the molecule is COc1cccc(C=CC(=O)c2ccc(-c3ccccc3)cc2)c1. The van der Waals surface area contributed by atoms with Crippen LogP contribution in [0.1, 0.15) is 15.9 Å². The molecule has 3 aromatic carbocycles. The number of allylic oxidation sites excluding steroid dienone is 1. The van der Waals surface area contributed by atoms with Crippen LogP contribution >= 0.6 is 0 Å². The highest BCUT2D eigenvalue weighted by atomic mass is 16.5. The number of methoxy groups -OCH3 is 1. The molecule has 3 rings (SSSR count). The van der Waals surface area contributed by atoms with Crippen molar-refractivity contribution in [2.75, 3.05) is 7.11 Å².